The lowest BCUT2D eigenvalue weighted by Gasteiger charge is -2.07. The third kappa shape index (κ3) is 3.95. The van der Waals surface area contributed by atoms with E-state index in [-0.39, 0.29) is 11.7 Å². The number of anilines is 1. The number of rotatable bonds is 5. The monoisotopic (exact) mass is 379 g/mol. The van der Waals surface area contributed by atoms with Crippen LogP contribution in [0.5, 0.6) is 0 Å². The van der Waals surface area contributed by atoms with E-state index < -0.39 is 0 Å². The van der Waals surface area contributed by atoms with Crippen LogP contribution < -0.4 is 5.32 Å². The quantitative estimate of drug-likeness (QED) is 0.684. The number of aromatic nitrogens is 4. The zero-order valence-corrected chi connectivity index (χ0v) is 15.4. The summed E-state index contributed by atoms with van der Waals surface area (Å²) in [7, 11) is 0. The fourth-order valence-corrected chi connectivity index (χ4v) is 3.54. The molecule has 0 aliphatic carbocycles. The van der Waals surface area contributed by atoms with Crippen molar-refractivity contribution in [1.29, 1.82) is 0 Å². The van der Waals surface area contributed by atoms with Gasteiger partial charge < -0.3 is 5.32 Å². The van der Waals surface area contributed by atoms with Crippen molar-refractivity contribution in [2.45, 2.75) is 19.0 Å². The number of thiazole rings is 1. The number of amides is 1. The van der Waals surface area contributed by atoms with Crippen molar-refractivity contribution >= 4 is 45.7 Å². The van der Waals surface area contributed by atoms with E-state index in [0.29, 0.717) is 15.3 Å². The van der Waals surface area contributed by atoms with E-state index in [1.54, 1.807) is 10.9 Å². The second kappa shape index (κ2) is 7.33. The first-order chi connectivity index (χ1) is 11.5. The lowest BCUT2D eigenvalue weighted by atomic mass is 10.2. The Balaban J connectivity index is 1.67. The number of hydrogen-bond donors (Lipinski definition) is 1. The molecule has 0 spiro atoms. The number of carbonyl (C=O) groups excluding carboxylic acids is 1. The minimum atomic E-state index is -0.133. The number of carbonyl (C=O) groups is 1. The van der Waals surface area contributed by atoms with Gasteiger partial charge in [0.1, 0.15) is 6.33 Å². The molecule has 9 heteroatoms. The zero-order valence-electron chi connectivity index (χ0n) is 13.0. The lowest BCUT2D eigenvalue weighted by Crippen LogP contribution is -2.14. The van der Waals surface area contributed by atoms with E-state index in [1.807, 2.05) is 37.4 Å². The number of nitrogens with zero attached hydrogens (tertiary/aromatic N) is 4. The Morgan fingerprint density at radius 2 is 2.25 bits per heavy atom. The number of halogens is 1. The summed E-state index contributed by atoms with van der Waals surface area (Å²) in [5, 5.41) is 14.6. The highest BCUT2D eigenvalue weighted by atomic mass is 35.5. The molecule has 1 aromatic carbocycles. The highest BCUT2D eigenvalue weighted by Gasteiger charge is 2.12. The molecule has 3 rings (SSSR count). The molecule has 0 atom stereocenters. The van der Waals surface area contributed by atoms with E-state index in [9.17, 15) is 4.79 Å². The number of thioether (sulfide) groups is 1. The average Bonchev–Trinajstić information content (AvgIpc) is 3.17. The molecule has 1 N–H and O–H groups in total. The molecule has 0 saturated heterocycles. The van der Waals surface area contributed by atoms with Gasteiger partial charge in [-0.1, -0.05) is 29.4 Å². The van der Waals surface area contributed by atoms with Gasteiger partial charge in [0.05, 0.1) is 17.1 Å². The molecule has 0 bridgehead atoms. The first-order valence-electron chi connectivity index (χ1n) is 7.04. The van der Waals surface area contributed by atoms with E-state index in [2.05, 4.69) is 20.5 Å². The van der Waals surface area contributed by atoms with Crippen molar-refractivity contribution in [1.82, 2.24) is 19.7 Å². The highest BCUT2D eigenvalue weighted by molar-refractivity contribution is 7.99. The average molecular weight is 380 g/mol. The minimum Gasteiger partial charge on any atom is -0.301 e. The summed E-state index contributed by atoms with van der Waals surface area (Å²) < 4.78 is 1.80. The first kappa shape index (κ1) is 16.9. The standard InChI is InChI=1S/C15H14ClN5OS2/c1-9-3-4-11(5-12(9)16)21-8-17-20-15(21)24-7-13(22)19-14-18-10(2)6-23-14/h3-6,8H,7H2,1-2H3,(H,18,19,22). The molecule has 2 heterocycles. The van der Waals surface area contributed by atoms with Crippen LogP contribution in [0.15, 0.2) is 35.1 Å². The van der Waals surface area contributed by atoms with Gasteiger partial charge in [0.2, 0.25) is 5.91 Å². The van der Waals surface area contributed by atoms with Crippen molar-refractivity contribution < 1.29 is 4.79 Å². The van der Waals surface area contributed by atoms with E-state index in [1.165, 1.54) is 23.1 Å². The van der Waals surface area contributed by atoms with Gasteiger partial charge in [0.15, 0.2) is 10.3 Å². The van der Waals surface area contributed by atoms with E-state index in [4.69, 9.17) is 11.6 Å². The molecule has 2 aromatic heterocycles. The van der Waals surface area contributed by atoms with Gasteiger partial charge in [-0.3, -0.25) is 9.36 Å². The normalized spacial score (nSPS) is 10.8. The Bertz CT molecular complexity index is 876. The molecule has 0 unspecified atom stereocenters. The molecule has 0 aliphatic heterocycles. The SMILES string of the molecule is Cc1csc(NC(=O)CSc2nncn2-c2ccc(C)c(Cl)c2)n1. The summed E-state index contributed by atoms with van der Waals surface area (Å²) in [6, 6.07) is 5.72. The van der Waals surface area contributed by atoms with E-state index in [0.717, 1.165) is 16.9 Å². The van der Waals surface area contributed by atoms with E-state index >= 15 is 0 Å². The van der Waals surface area contributed by atoms with Crippen LogP contribution in [0.2, 0.25) is 5.02 Å². The fourth-order valence-electron chi connectivity index (χ4n) is 1.93. The summed E-state index contributed by atoms with van der Waals surface area (Å²) in [6.07, 6.45) is 1.60. The fraction of sp³-hybridized carbons (Fsp3) is 0.200. The van der Waals surface area contributed by atoms with Crippen LogP contribution in [0.1, 0.15) is 11.3 Å². The van der Waals surface area contributed by atoms with Gasteiger partial charge in [-0.25, -0.2) is 4.98 Å². The van der Waals surface area contributed by atoms with Crippen LogP contribution in [0, 0.1) is 13.8 Å². The number of nitrogens with one attached hydrogen (secondary N) is 1. The van der Waals surface area contributed by atoms with Gasteiger partial charge >= 0.3 is 0 Å². The maximum absolute atomic E-state index is 12.0. The van der Waals surface area contributed by atoms with Crippen LogP contribution >= 0.6 is 34.7 Å². The third-order valence-electron chi connectivity index (χ3n) is 3.15. The summed E-state index contributed by atoms with van der Waals surface area (Å²) in [4.78, 5) is 16.2. The molecule has 24 heavy (non-hydrogen) atoms. The van der Waals surface area contributed by atoms with Crippen molar-refractivity contribution in [2.75, 3.05) is 11.1 Å². The molecule has 1 amide bonds. The van der Waals surface area contributed by atoms with Gasteiger partial charge in [-0.15, -0.1) is 21.5 Å². The Labute approximate surface area is 152 Å². The van der Waals surface area contributed by atoms with Gasteiger partial charge in [0.25, 0.3) is 0 Å². The Morgan fingerprint density at radius 3 is 2.96 bits per heavy atom. The van der Waals surface area contributed by atoms with Crippen LogP contribution in [0.25, 0.3) is 5.69 Å². The second-order valence-corrected chi connectivity index (χ2v) is 7.26. The lowest BCUT2D eigenvalue weighted by molar-refractivity contribution is -0.113. The van der Waals surface area contributed by atoms with Crippen LogP contribution in [-0.4, -0.2) is 31.4 Å². The topological polar surface area (TPSA) is 72.7 Å². The predicted octanol–water partition coefficient (Wildman–Crippen LogP) is 3.72. The Hall–Kier alpha value is -1.90. The Kier molecular flexibility index (Phi) is 5.17. The van der Waals surface area contributed by atoms with Gasteiger partial charge in [-0.2, -0.15) is 0 Å². The molecular formula is C15H14ClN5OS2. The van der Waals surface area contributed by atoms with Crippen molar-refractivity contribution in [2.24, 2.45) is 0 Å². The molecule has 0 aliphatic rings. The van der Waals surface area contributed by atoms with Crippen molar-refractivity contribution in [3.63, 3.8) is 0 Å². The van der Waals surface area contributed by atoms with Gasteiger partial charge in [-0.05, 0) is 31.5 Å². The summed E-state index contributed by atoms with van der Waals surface area (Å²) in [5.41, 5.74) is 2.74. The van der Waals surface area contributed by atoms with Crippen LogP contribution in [0.4, 0.5) is 5.13 Å². The number of aryl methyl sites for hydroxylation is 2. The minimum absolute atomic E-state index is 0.133. The van der Waals surface area contributed by atoms with Crippen molar-refractivity contribution in [3.05, 3.63) is 46.2 Å². The molecule has 0 radical (unpaired) electrons. The second-order valence-electron chi connectivity index (χ2n) is 5.05. The summed E-state index contributed by atoms with van der Waals surface area (Å²) in [6.45, 7) is 3.83. The number of benzene rings is 1. The summed E-state index contributed by atoms with van der Waals surface area (Å²) in [5.74, 6) is 0.0857. The maximum Gasteiger partial charge on any atom is 0.236 e. The molecule has 6 nitrogen and oxygen atoms in total. The van der Waals surface area contributed by atoms with Gasteiger partial charge in [0, 0.05) is 10.4 Å². The smallest absolute Gasteiger partial charge is 0.236 e. The van der Waals surface area contributed by atoms with Crippen LogP contribution in [0.3, 0.4) is 0 Å². The van der Waals surface area contributed by atoms with Crippen LogP contribution in [-0.2, 0) is 4.79 Å². The predicted molar refractivity (Wildman–Crippen MR) is 97.3 cm³/mol. The third-order valence-corrected chi connectivity index (χ3v) is 5.37. The molecule has 0 saturated carbocycles. The zero-order chi connectivity index (χ0) is 17.1. The molecule has 3 aromatic rings. The largest absolute Gasteiger partial charge is 0.301 e. The first-order valence-corrected chi connectivity index (χ1v) is 9.28. The summed E-state index contributed by atoms with van der Waals surface area (Å²) >= 11 is 8.88. The Morgan fingerprint density at radius 1 is 1.42 bits per heavy atom. The molecule has 0 fully saturated rings. The van der Waals surface area contributed by atoms with Crippen molar-refractivity contribution in [3.8, 4) is 5.69 Å². The maximum atomic E-state index is 12.0. The number of hydrogen-bond acceptors (Lipinski definition) is 6. The molecular weight excluding hydrogens is 366 g/mol. The molecule has 124 valence electrons. The highest BCUT2D eigenvalue weighted by Crippen LogP contribution is 2.24.